The Labute approximate surface area is 134 Å². The minimum atomic E-state index is -1.14. The molecule has 1 heterocycles. The van der Waals surface area contributed by atoms with Gasteiger partial charge in [-0.25, -0.2) is 4.79 Å². The van der Waals surface area contributed by atoms with Crippen LogP contribution in [-0.4, -0.2) is 11.1 Å². The zero-order valence-corrected chi connectivity index (χ0v) is 13.2. The van der Waals surface area contributed by atoms with Crippen LogP contribution < -0.4 is 5.43 Å². The van der Waals surface area contributed by atoms with Crippen molar-refractivity contribution in [2.75, 3.05) is 0 Å². The molecule has 5 heteroatoms. The second kappa shape index (κ2) is 5.42. The van der Waals surface area contributed by atoms with Gasteiger partial charge in [0.15, 0.2) is 11.0 Å². The second-order valence-corrected chi connectivity index (χ2v) is 5.80. The first-order valence-electron chi connectivity index (χ1n) is 6.54. The number of rotatable bonds is 2. The van der Waals surface area contributed by atoms with Crippen molar-refractivity contribution in [3.63, 3.8) is 0 Å². The molecule has 0 unspecified atom stereocenters. The third kappa shape index (κ3) is 2.33. The summed E-state index contributed by atoms with van der Waals surface area (Å²) in [6.07, 6.45) is 0. The van der Waals surface area contributed by atoms with Crippen molar-refractivity contribution in [1.29, 1.82) is 0 Å². The number of fused-ring (bicyclic) bond motifs is 1. The van der Waals surface area contributed by atoms with Gasteiger partial charge in [-0.05, 0) is 19.1 Å². The number of carbonyl (C=O) groups is 1. The van der Waals surface area contributed by atoms with Gasteiger partial charge in [-0.3, -0.25) is 4.79 Å². The van der Waals surface area contributed by atoms with Crippen LogP contribution in [0.15, 0.2) is 56.1 Å². The summed E-state index contributed by atoms with van der Waals surface area (Å²) in [4.78, 5) is 24.0. The Balaban J connectivity index is 2.46. The van der Waals surface area contributed by atoms with E-state index in [4.69, 9.17) is 4.42 Å². The van der Waals surface area contributed by atoms with Gasteiger partial charge in [0, 0.05) is 15.6 Å². The van der Waals surface area contributed by atoms with Crippen LogP contribution in [0.25, 0.3) is 22.3 Å². The molecule has 1 N–H and O–H groups in total. The Bertz CT molecular complexity index is 942. The lowest BCUT2D eigenvalue weighted by molar-refractivity contribution is 0.0697. The van der Waals surface area contributed by atoms with Crippen LogP contribution in [0.2, 0.25) is 0 Å². The van der Waals surface area contributed by atoms with Gasteiger partial charge < -0.3 is 9.52 Å². The van der Waals surface area contributed by atoms with Gasteiger partial charge in [0.25, 0.3) is 0 Å². The molecular weight excluding hydrogens is 348 g/mol. The van der Waals surface area contributed by atoms with Crippen LogP contribution in [0.4, 0.5) is 0 Å². The van der Waals surface area contributed by atoms with Crippen molar-refractivity contribution >= 4 is 32.9 Å². The Kier molecular flexibility index (Phi) is 3.58. The lowest BCUT2D eigenvalue weighted by atomic mass is 10.0. The number of hydrogen-bond donors (Lipinski definition) is 1. The summed E-state index contributed by atoms with van der Waals surface area (Å²) in [5.41, 5.74) is 0.999. The highest BCUT2D eigenvalue weighted by atomic mass is 79.9. The molecule has 0 bridgehead atoms. The van der Waals surface area contributed by atoms with Crippen LogP contribution in [0.5, 0.6) is 0 Å². The zero-order valence-electron chi connectivity index (χ0n) is 11.6. The number of halogens is 1. The van der Waals surface area contributed by atoms with Gasteiger partial charge in [-0.15, -0.1) is 0 Å². The predicted molar refractivity (Wildman–Crippen MR) is 87.3 cm³/mol. The Morgan fingerprint density at radius 2 is 1.86 bits per heavy atom. The normalized spacial score (nSPS) is 10.8. The quantitative estimate of drug-likeness (QED) is 0.744. The fourth-order valence-corrected chi connectivity index (χ4v) is 2.84. The molecule has 0 aliphatic rings. The van der Waals surface area contributed by atoms with Gasteiger partial charge in [0.1, 0.15) is 11.3 Å². The third-order valence-corrected chi connectivity index (χ3v) is 3.91. The summed E-state index contributed by atoms with van der Waals surface area (Å²) >= 11 is 3.23. The molecule has 0 radical (unpaired) electrons. The summed E-state index contributed by atoms with van der Waals surface area (Å²) in [5, 5.41) is 9.60. The number of aromatic carboxylic acids is 1. The van der Waals surface area contributed by atoms with Crippen molar-refractivity contribution in [1.82, 2.24) is 0 Å². The topological polar surface area (TPSA) is 67.5 Å². The molecular formula is C17H11BrO4. The molecule has 2 aromatic carbocycles. The summed E-state index contributed by atoms with van der Waals surface area (Å²) in [7, 11) is 0. The average Bonchev–Trinajstić information content (AvgIpc) is 2.51. The van der Waals surface area contributed by atoms with Crippen LogP contribution in [0.3, 0.4) is 0 Å². The van der Waals surface area contributed by atoms with Crippen molar-refractivity contribution < 1.29 is 14.3 Å². The molecule has 0 saturated heterocycles. The van der Waals surface area contributed by atoms with Crippen molar-refractivity contribution in [3.05, 3.63) is 68.3 Å². The van der Waals surface area contributed by atoms with E-state index in [-0.39, 0.29) is 22.0 Å². The summed E-state index contributed by atoms with van der Waals surface area (Å²) < 4.78 is 6.33. The molecule has 0 aliphatic heterocycles. The predicted octanol–water partition coefficient (Wildman–Crippen LogP) is 4.23. The molecule has 0 spiro atoms. The third-order valence-electron chi connectivity index (χ3n) is 3.45. The van der Waals surface area contributed by atoms with Gasteiger partial charge in [0.2, 0.25) is 0 Å². The van der Waals surface area contributed by atoms with Gasteiger partial charge in [-0.2, -0.15) is 0 Å². The van der Waals surface area contributed by atoms with E-state index < -0.39 is 5.97 Å². The minimum absolute atomic E-state index is 0.0429. The van der Waals surface area contributed by atoms with E-state index >= 15 is 0 Å². The van der Waals surface area contributed by atoms with Gasteiger partial charge in [-0.1, -0.05) is 46.3 Å². The van der Waals surface area contributed by atoms with Crippen molar-refractivity contribution in [2.24, 2.45) is 0 Å². The van der Waals surface area contributed by atoms with Crippen LogP contribution >= 0.6 is 15.9 Å². The smallest absolute Gasteiger partial charge is 0.339 e. The van der Waals surface area contributed by atoms with Crippen LogP contribution in [-0.2, 0) is 0 Å². The fourth-order valence-electron chi connectivity index (χ4n) is 2.38. The van der Waals surface area contributed by atoms with E-state index in [0.717, 1.165) is 5.56 Å². The molecule has 4 nitrogen and oxygen atoms in total. The van der Waals surface area contributed by atoms with E-state index in [9.17, 15) is 14.7 Å². The van der Waals surface area contributed by atoms with E-state index in [0.29, 0.717) is 15.8 Å². The maximum absolute atomic E-state index is 12.6. The van der Waals surface area contributed by atoms with Gasteiger partial charge >= 0.3 is 5.97 Å². The molecule has 22 heavy (non-hydrogen) atoms. The van der Waals surface area contributed by atoms with Crippen LogP contribution in [0.1, 0.15) is 15.9 Å². The average molecular weight is 359 g/mol. The molecule has 0 amide bonds. The number of hydrogen-bond acceptors (Lipinski definition) is 3. The van der Waals surface area contributed by atoms with Crippen molar-refractivity contribution in [3.8, 4) is 11.3 Å². The zero-order chi connectivity index (χ0) is 15.9. The lowest BCUT2D eigenvalue weighted by Crippen LogP contribution is -2.10. The van der Waals surface area contributed by atoms with E-state index in [1.54, 1.807) is 13.0 Å². The lowest BCUT2D eigenvalue weighted by Gasteiger charge is -2.09. The first kappa shape index (κ1) is 14.5. The maximum Gasteiger partial charge on any atom is 0.339 e. The molecule has 110 valence electrons. The highest BCUT2D eigenvalue weighted by molar-refractivity contribution is 9.10. The molecule has 3 aromatic rings. The Hall–Kier alpha value is -2.40. The first-order valence-corrected chi connectivity index (χ1v) is 7.34. The highest BCUT2D eigenvalue weighted by Crippen LogP contribution is 2.29. The summed E-state index contributed by atoms with van der Waals surface area (Å²) in [6, 6.07) is 12.2. The highest BCUT2D eigenvalue weighted by Gasteiger charge is 2.18. The SMILES string of the molecule is Cc1c(-c2ccccc2)oc2c(C(=O)O)cc(Br)cc2c1=O. The number of benzene rings is 2. The monoisotopic (exact) mass is 358 g/mol. The number of carboxylic acids is 1. The van der Waals surface area contributed by atoms with Gasteiger partial charge in [0.05, 0.1) is 5.39 Å². The van der Waals surface area contributed by atoms with E-state index in [1.807, 2.05) is 30.3 Å². The molecule has 0 fully saturated rings. The Morgan fingerprint density at radius 1 is 1.18 bits per heavy atom. The summed E-state index contributed by atoms with van der Waals surface area (Å²) in [6.45, 7) is 1.68. The maximum atomic E-state index is 12.6. The van der Waals surface area contributed by atoms with E-state index in [2.05, 4.69) is 15.9 Å². The molecule has 0 aliphatic carbocycles. The minimum Gasteiger partial charge on any atom is -0.478 e. The molecule has 0 saturated carbocycles. The molecule has 1 aromatic heterocycles. The first-order chi connectivity index (χ1) is 10.5. The fraction of sp³-hybridized carbons (Fsp3) is 0.0588. The van der Waals surface area contributed by atoms with Crippen LogP contribution in [0, 0.1) is 6.92 Å². The largest absolute Gasteiger partial charge is 0.478 e. The molecule has 3 rings (SSSR count). The second-order valence-electron chi connectivity index (χ2n) is 4.89. The number of carboxylic acid groups (broad SMARTS) is 1. The Morgan fingerprint density at radius 3 is 2.50 bits per heavy atom. The summed E-state index contributed by atoms with van der Waals surface area (Å²) in [5.74, 6) is -0.750. The standard InChI is InChI=1S/C17H11BrO4/c1-9-14(19)12-7-11(18)8-13(17(20)21)16(12)22-15(9)10-5-3-2-4-6-10/h2-8H,1H3,(H,20,21). The van der Waals surface area contributed by atoms with Crippen molar-refractivity contribution in [2.45, 2.75) is 6.92 Å². The molecule has 0 atom stereocenters. The van der Waals surface area contributed by atoms with E-state index in [1.165, 1.54) is 6.07 Å².